The van der Waals surface area contributed by atoms with Crippen molar-refractivity contribution in [2.75, 3.05) is 6.54 Å². The summed E-state index contributed by atoms with van der Waals surface area (Å²) in [6.45, 7) is 6.24. The number of likely N-dealkylation sites (N-methyl/N-ethyl adjacent to an activating group) is 1. The third-order valence-electron chi connectivity index (χ3n) is 2.79. The molecule has 0 amide bonds. The van der Waals surface area contributed by atoms with E-state index in [2.05, 4.69) is 5.32 Å². The van der Waals surface area contributed by atoms with Gasteiger partial charge in [-0.15, -0.1) is 0 Å². The van der Waals surface area contributed by atoms with E-state index in [0.717, 1.165) is 11.1 Å². The molecular weight excluding hydrogens is 230 g/mol. The van der Waals surface area contributed by atoms with E-state index >= 15 is 0 Å². The Balaban J connectivity index is 2.97. The number of ketones is 1. The highest BCUT2D eigenvalue weighted by molar-refractivity contribution is 6.02. The van der Waals surface area contributed by atoms with Crippen molar-refractivity contribution in [2.24, 2.45) is 0 Å². The molecule has 0 aliphatic carbocycles. The largest absolute Gasteiger partial charge is 0.481 e. The Labute approximate surface area is 107 Å². The third-order valence-corrected chi connectivity index (χ3v) is 2.79. The molecule has 0 radical (unpaired) electrons. The van der Waals surface area contributed by atoms with E-state index in [1.54, 1.807) is 6.07 Å². The van der Waals surface area contributed by atoms with Gasteiger partial charge in [-0.25, -0.2) is 0 Å². The molecule has 0 saturated carbocycles. The molecule has 0 aliphatic rings. The normalized spacial score (nSPS) is 12.2. The highest BCUT2D eigenvalue weighted by atomic mass is 16.4. The number of nitrogens with one attached hydrogen (secondary N) is 1. The predicted molar refractivity (Wildman–Crippen MR) is 70.0 cm³/mol. The van der Waals surface area contributed by atoms with Crippen molar-refractivity contribution in [1.82, 2.24) is 5.32 Å². The fourth-order valence-electron chi connectivity index (χ4n) is 1.96. The van der Waals surface area contributed by atoms with Crippen LogP contribution in [0.2, 0.25) is 0 Å². The van der Waals surface area contributed by atoms with Crippen molar-refractivity contribution in [3.63, 3.8) is 0 Å². The molecule has 0 spiro atoms. The van der Waals surface area contributed by atoms with Crippen LogP contribution in [0, 0.1) is 13.8 Å². The molecule has 4 heteroatoms. The summed E-state index contributed by atoms with van der Waals surface area (Å²) in [5.74, 6) is -1.13. The maximum atomic E-state index is 12.3. The maximum Gasteiger partial charge on any atom is 0.305 e. The van der Waals surface area contributed by atoms with Crippen LogP contribution in [-0.2, 0) is 4.79 Å². The number of benzene rings is 1. The monoisotopic (exact) mass is 249 g/mol. The first kappa shape index (κ1) is 14.4. The van der Waals surface area contributed by atoms with Gasteiger partial charge in [0.15, 0.2) is 5.78 Å². The SMILES string of the molecule is CCNC(CC(=O)O)C(=O)c1ccc(C)cc1C. The van der Waals surface area contributed by atoms with E-state index in [4.69, 9.17) is 5.11 Å². The average molecular weight is 249 g/mol. The highest BCUT2D eigenvalue weighted by Crippen LogP contribution is 2.14. The number of carboxylic acid groups (broad SMARTS) is 1. The van der Waals surface area contributed by atoms with Crippen LogP contribution in [0.3, 0.4) is 0 Å². The summed E-state index contributed by atoms with van der Waals surface area (Å²) >= 11 is 0. The summed E-state index contributed by atoms with van der Waals surface area (Å²) in [5, 5.41) is 11.8. The van der Waals surface area contributed by atoms with Gasteiger partial charge < -0.3 is 10.4 Å². The fourth-order valence-corrected chi connectivity index (χ4v) is 1.96. The Bertz CT molecular complexity index is 454. The molecule has 1 aromatic rings. The first-order valence-electron chi connectivity index (χ1n) is 6.02. The lowest BCUT2D eigenvalue weighted by Gasteiger charge is -2.16. The van der Waals surface area contributed by atoms with E-state index < -0.39 is 12.0 Å². The molecule has 0 fully saturated rings. The zero-order valence-electron chi connectivity index (χ0n) is 11.0. The molecule has 98 valence electrons. The van der Waals surface area contributed by atoms with Crippen molar-refractivity contribution >= 4 is 11.8 Å². The second kappa shape index (κ2) is 6.31. The van der Waals surface area contributed by atoms with Crippen molar-refractivity contribution in [2.45, 2.75) is 33.2 Å². The Kier molecular flexibility index (Phi) is 5.04. The van der Waals surface area contributed by atoms with Crippen molar-refractivity contribution < 1.29 is 14.7 Å². The molecule has 1 atom stereocenters. The zero-order chi connectivity index (χ0) is 13.7. The first-order chi connectivity index (χ1) is 8.45. The van der Waals surface area contributed by atoms with Crippen molar-refractivity contribution in [3.05, 3.63) is 34.9 Å². The maximum absolute atomic E-state index is 12.3. The van der Waals surface area contributed by atoms with Gasteiger partial charge in [0, 0.05) is 5.56 Å². The van der Waals surface area contributed by atoms with Gasteiger partial charge in [-0.2, -0.15) is 0 Å². The van der Waals surface area contributed by atoms with E-state index in [0.29, 0.717) is 12.1 Å². The second-order valence-electron chi connectivity index (χ2n) is 4.39. The molecule has 4 nitrogen and oxygen atoms in total. The quantitative estimate of drug-likeness (QED) is 0.756. The number of aliphatic carboxylic acids is 1. The molecule has 0 aromatic heterocycles. The number of carboxylic acids is 1. The third kappa shape index (κ3) is 3.67. The Morgan fingerprint density at radius 3 is 2.50 bits per heavy atom. The summed E-state index contributed by atoms with van der Waals surface area (Å²) in [6, 6.07) is 4.90. The van der Waals surface area contributed by atoms with Gasteiger partial charge >= 0.3 is 5.97 Å². The Morgan fingerprint density at radius 1 is 1.33 bits per heavy atom. The van der Waals surface area contributed by atoms with Gasteiger partial charge in [0.2, 0.25) is 0 Å². The lowest BCUT2D eigenvalue weighted by atomic mass is 9.96. The number of Topliss-reactive ketones (excluding diaryl/α,β-unsaturated/α-hetero) is 1. The molecule has 1 aromatic carbocycles. The van der Waals surface area contributed by atoms with Gasteiger partial charge in [0.25, 0.3) is 0 Å². The summed E-state index contributed by atoms with van der Waals surface area (Å²) in [4.78, 5) is 23.0. The summed E-state index contributed by atoms with van der Waals surface area (Å²) in [6.07, 6.45) is -0.194. The summed E-state index contributed by atoms with van der Waals surface area (Å²) in [5.41, 5.74) is 2.56. The standard InChI is InChI=1S/C14H19NO3/c1-4-15-12(8-13(16)17)14(18)11-6-5-9(2)7-10(11)3/h5-7,12,15H,4,8H2,1-3H3,(H,16,17). The summed E-state index contributed by atoms with van der Waals surface area (Å²) < 4.78 is 0. The zero-order valence-corrected chi connectivity index (χ0v) is 11.0. The number of hydrogen-bond acceptors (Lipinski definition) is 3. The van der Waals surface area contributed by atoms with Gasteiger partial charge in [0.1, 0.15) is 0 Å². The molecule has 0 bridgehead atoms. The van der Waals surface area contributed by atoms with Gasteiger partial charge in [0.05, 0.1) is 12.5 Å². The topological polar surface area (TPSA) is 66.4 Å². The van der Waals surface area contributed by atoms with Gasteiger partial charge in [-0.1, -0.05) is 30.7 Å². The van der Waals surface area contributed by atoms with Crippen LogP contribution in [-0.4, -0.2) is 29.4 Å². The van der Waals surface area contributed by atoms with E-state index in [9.17, 15) is 9.59 Å². The minimum Gasteiger partial charge on any atom is -0.481 e. The van der Waals surface area contributed by atoms with Crippen LogP contribution in [0.4, 0.5) is 0 Å². The van der Waals surface area contributed by atoms with Crippen molar-refractivity contribution in [1.29, 1.82) is 0 Å². The van der Waals surface area contributed by atoms with E-state index in [1.807, 2.05) is 32.9 Å². The Morgan fingerprint density at radius 2 is 2.00 bits per heavy atom. The first-order valence-corrected chi connectivity index (χ1v) is 6.02. The van der Waals surface area contributed by atoms with Gasteiger partial charge in [-0.05, 0) is 26.0 Å². The molecule has 0 saturated heterocycles. The van der Waals surface area contributed by atoms with E-state index in [-0.39, 0.29) is 12.2 Å². The fraction of sp³-hybridized carbons (Fsp3) is 0.429. The molecule has 1 unspecified atom stereocenters. The van der Waals surface area contributed by atoms with Crippen LogP contribution in [0.5, 0.6) is 0 Å². The molecule has 2 N–H and O–H groups in total. The number of aryl methyl sites for hydroxylation is 2. The molecule has 0 heterocycles. The lowest BCUT2D eigenvalue weighted by Crippen LogP contribution is -2.38. The van der Waals surface area contributed by atoms with Crippen LogP contribution in [0.25, 0.3) is 0 Å². The summed E-state index contributed by atoms with van der Waals surface area (Å²) in [7, 11) is 0. The Hall–Kier alpha value is -1.68. The highest BCUT2D eigenvalue weighted by Gasteiger charge is 2.23. The number of hydrogen-bond donors (Lipinski definition) is 2. The second-order valence-corrected chi connectivity index (χ2v) is 4.39. The molecule has 18 heavy (non-hydrogen) atoms. The minimum atomic E-state index is -0.973. The lowest BCUT2D eigenvalue weighted by molar-refractivity contribution is -0.137. The molecule has 0 aliphatic heterocycles. The van der Waals surface area contributed by atoms with Gasteiger partial charge in [-0.3, -0.25) is 9.59 Å². The average Bonchev–Trinajstić information content (AvgIpc) is 2.27. The van der Waals surface area contributed by atoms with E-state index in [1.165, 1.54) is 0 Å². The predicted octanol–water partition coefficient (Wildman–Crippen LogP) is 1.94. The van der Waals surface area contributed by atoms with Crippen LogP contribution >= 0.6 is 0 Å². The smallest absolute Gasteiger partial charge is 0.305 e. The van der Waals surface area contributed by atoms with Crippen LogP contribution in [0.1, 0.15) is 34.8 Å². The van der Waals surface area contributed by atoms with Crippen LogP contribution in [0.15, 0.2) is 18.2 Å². The number of carbonyl (C=O) groups excluding carboxylic acids is 1. The molecule has 1 rings (SSSR count). The van der Waals surface area contributed by atoms with Crippen molar-refractivity contribution in [3.8, 4) is 0 Å². The number of rotatable bonds is 6. The number of carbonyl (C=O) groups is 2. The molecular formula is C14H19NO3. The minimum absolute atomic E-state index is 0.156. The van der Waals surface area contributed by atoms with Crippen LogP contribution < -0.4 is 5.32 Å².